The monoisotopic (exact) mass is 402 g/mol. The predicted molar refractivity (Wildman–Crippen MR) is 108 cm³/mol. The van der Waals surface area contributed by atoms with Gasteiger partial charge < -0.3 is 9.47 Å². The first-order valence-corrected chi connectivity index (χ1v) is 10.4. The van der Waals surface area contributed by atoms with E-state index < -0.39 is 0 Å². The molecule has 0 radical (unpaired) electrons. The Balaban J connectivity index is 1.77. The van der Waals surface area contributed by atoms with E-state index in [1.807, 2.05) is 23.6 Å². The first-order chi connectivity index (χ1) is 13.2. The molecule has 0 unspecified atom stereocenters. The number of carbonyl (C=O) groups is 1. The first kappa shape index (κ1) is 19.5. The molecule has 2 aromatic heterocycles. The van der Waals surface area contributed by atoms with Gasteiger partial charge in [0.25, 0.3) is 0 Å². The summed E-state index contributed by atoms with van der Waals surface area (Å²) in [7, 11) is 1.69. The number of rotatable bonds is 9. The molecule has 3 rings (SSSR count). The number of thiophene rings is 1. The summed E-state index contributed by atoms with van der Waals surface area (Å²) in [6.07, 6.45) is 0. The fourth-order valence-corrected chi connectivity index (χ4v) is 4.21. The van der Waals surface area contributed by atoms with E-state index in [9.17, 15) is 4.79 Å². The van der Waals surface area contributed by atoms with E-state index in [1.165, 1.54) is 16.2 Å². The fourth-order valence-electron chi connectivity index (χ4n) is 2.76. The molecule has 0 aliphatic heterocycles. The van der Waals surface area contributed by atoms with Crippen molar-refractivity contribution < 1.29 is 14.3 Å². The number of thiazole rings is 1. The highest BCUT2D eigenvalue weighted by molar-refractivity contribution is 7.11. The molecule has 0 bridgehead atoms. The zero-order valence-electron chi connectivity index (χ0n) is 15.4. The van der Waals surface area contributed by atoms with Crippen LogP contribution in [0.25, 0.3) is 0 Å². The maximum absolute atomic E-state index is 11.9. The number of ether oxygens (including phenoxy) is 2. The molecule has 0 saturated heterocycles. The van der Waals surface area contributed by atoms with Crippen LogP contribution in [0.15, 0.2) is 47.2 Å². The smallest absolute Gasteiger partial charge is 0.367 e. The van der Waals surface area contributed by atoms with Crippen LogP contribution in [0.5, 0.6) is 5.75 Å². The Morgan fingerprint density at radius 3 is 2.70 bits per heavy atom. The van der Waals surface area contributed by atoms with Gasteiger partial charge in [-0.05, 0) is 24.4 Å². The molecule has 0 N–H and O–H groups in total. The van der Waals surface area contributed by atoms with Crippen LogP contribution in [0.1, 0.15) is 32.9 Å². The predicted octanol–water partition coefficient (Wildman–Crippen LogP) is 4.59. The summed E-state index contributed by atoms with van der Waals surface area (Å²) in [5.41, 5.74) is 1.99. The van der Waals surface area contributed by atoms with Gasteiger partial charge in [-0.1, -0.05) is 24.3 Å². The number of carbonyl (C=O) groups excluding carboxylic acids is 1. The second-order valence-corrected chi connectivity index (χ2v) is 7.79. The molecular formula is C20H22N2O3S2. The molecule has 5 nitrogen and oxygen atoms in total. The summed E-state index contributed by atoms with van der Waals surface area (Å²) >= 11 is 3.06. The van der Waals surface area contributed by atoms with E-state index in [1.54, 1.807) is 25.4 Å². The van der Waals surface area contributed by atoms with Crippen LogP contribution < -0.4 is 4.74 Å². The molecule has 0 amide bonds. The van der Waals surface area contributed by atoms with Crippen LogP contribution in [0.4, 0.5) is 0 Å². The number of hydrogen-bond acceptors (Lipinski definition) is 7. The van der Waals surface area contributed by atoms with Crippen molar-refractivity contribution >= 4 is 28.6 Å². The Bertz CT molecular complexity index is 862. The van der Waals surface area contributed by atoms with E-state index >= 15 is 0 Å². The number of aromatic nitrogens is 1. The van der Waals surface area contributed by atoms with E-state index in [0.29, 0.717) is 18.2 Å². The van der Waals surface area contributed by atoms with E-state index in [0.717, 1.165) is 30.1 Å². The van der Waals surface area contributed by atoms with Gasteiger partial charge in [-0.15, -0.1) is 22.7 Å². The zero-order chi connectivity index (χ0) is 19.1. The number of nitrogens with zero attached hydrogens (tertiary/aromatic N) is 2. The molecule has 0 atom stereocenters. The summed E-state index contributed by atoms with van der Waals surface area (Å²) in [4.78, 5) is 19.9. The Morgan fingerprint density at radius 1 is 1.11 bits per heavy atom. The Morgan fingerprint density at radius 2 is 1.96 bits per heavy atom. The van der Waals surface area contributed by atoms with Gasteiger partial charge in [-0.25, -0.2) is 9.78 Å². The maximum Gasteiger partial charge on any atom is 0.367 e. The summed E-state index contributed by atoms with van der Waals surface area (Å²) in [6, 6.07) is 12.2. The lowest BCUT2D eigenvalue weighted by Crippen LogP contribution is -2.22. The molecule has 1 aromatic carbocycles. The van der Waals surface area contributed by atoms with E-state index in [2.05, 4.69) is 33.5 Å². The average molecular weight is 403 g/mol. The molecule has 3 aromatic rings. The van der Waals surface area contributed by atoms with E-state index in [-0.39, 0.29) is 5.97 Å². The third-order valence-corrected chi connectivity index (χ3v) is 5.67. The molecule has 0 spiro atoms. The SMILES string of the molecule is CCOC(=O)c1nc(CN(Cc2cccs2)Cc2ccccc2OC)cs1. The summed E-state index contributed by atoms with van der Waals surface area (Å²) in [5, 5.41) is 4.41. The van der Waals surface area contributed by atoms with Crippen LogP contribution in [0, 0.1) is 0 Å². The topological polar surface area (TPSA) is 51.7 Å². The second-order valence-electron chi connectivity index (χ2n) is 5.90. The average Bonchev–Trinajstić information content (AvgIpc) is 3.34. The van der Waals surface area contributed by atoms with Crippen LogP contribution >= 0.6 is 22.7 Å². The summed E-state index contributed by atoms with van der Waals surface area (Å²) in [6.45, 7) is 4.33. The second kappa shape index (κ2) is 9.64. The largest absolute Gasteiger partial charge is 0.496 e. The number of esters is 1. The first-order valence-electron chi connectivity index (χ1n) is 8.67. The molecule has 27 heavy (non-hydrogen) atoms. The molecule has 7 heteroatoms. The van der Waals surface area contributed by atoms with Gasteiger partial charge in [0.15, 0.2) is 0 Å². The lowest BCUT2D eigenvalue weighted by atomic mass is 10.2. The van der Waals surface area contributed by atoms with Gasteiger partial charge in [0.2, 0.25) is 5.01 Å². The molecule has 0 aliphatic rings. The maximum atomic E-state index is 11.9. The lowest BCUT2D eigenvalue weighted by Gasteiger charge is -2.22. The number of para-hydroxylation sites is 1. The third-order valence-electron chi connectivity index (χ3n) is 3.93. The Labute approximate surface area is 167 Å². The molecule has 142 valence electrons. The van der Waals surface area contributed by atoms with Crippen molar-refractivity contribution in [2.75, 3.05) is 13.7 Å². The van der Waals surface area contributed by atoms with Crippen LogP contribution in [0.3, 0.4) is 0 Å². The van der Waals surface area contributed by atoms with Gasteiger partial charge in [0.05, 0.1) is 19.4 Å². The molecular weight excluding hydrogens is 380 g/mol. The Kier molecular flexibility index (Phi) is 6.98. The minimum atomic E-state index is -0.358. The fraction of sp³-hybridized carbons (Fsp3) is 0.300. The standard InChI is InChI=1S/C20H22N2O3S2/c1-3-25-20(23)19-21-16(14-27-19)12-22(13-17-8-6-10-26-17)11-15-7-4-5-9-18(15)24-2/h4-10,14H,3,11-13H2,1-2H3. The quantitative estimate of drug-likeness (QED) is 0.490. The van der Waals surface area contributed by atoms with Crippen LogP contribution in [-0.4, -0.2) is 29.6 Å². The van der Waals surface area contributed by atoms with Crippen molar-refractivity contribution in [3.8, 4) is 5.75 Å². The highest BCUT2D eigenvalue weighted by Crippen LogP contribution is 2.23. The highest BCUT2D eigenvalue weighted by atomic mass is 32.1. The summed E-state index contributed by atoms with van der Waals surface area (Å²) in [5.74, 6) is 0.516. The highest BCUT2D eigenvalue weighted by Gasteiger charge is 2.16. The lowest BCUT2D eigenvalue weighted by molar-refractivity contribution is 0.0525. The molecule has 2 heterocycles. The van der Waals surface area contributed by atoms with Gasteiger partial charge >= 0.3 is 5.97 Å². The number of benzene rings is 1. The minimum Gasteiger partial charge on any atom is -0.496 e. The van der Waals surface area contributed by atoms with Gasteiger partial charge in [0, 0.05) is 35.5 Å². The van der Waals surface area contributed by atoms with Crippen molar-refractivity contribution in [2.24, 2.45) is 0 Å². The van der Waals surface area contributed by atoms with Crippen molar-refractivity contribution in [3.05, 3.63) is 68.3 Å². The number of methoxy groups -OCH3 is 1. The van der Waals surface area contributed by atoms with Crippen molar-refractivity contribution in [1.29, 1.82) is 0 Å². The van der Waals surface area contributed by atoms with Crippen molar-refractivity contribution in [3.63, 3.8) is 0 Å². The van der Waals surface area contributed by atoms with Gasteiger partial charge in [0.1, 0.15) is 5.75 Å². The minimum absolute atomic E-state index is 0.353. The number of hydrogen-bond donors (Lipinski definition) is 0. The van der Waals surface area contributed by atoms with Crippen molar-refractivity contribution in [2.45, 2.75) is 26.6 Å². The van der Waals surface area contributed by atoms with Crippen molar-refractivity contribution in [1.82, 2.24) is 9.88 Å². The van der Waals surface area contributed by atoms with E-state index in [4.69, 9.17) is 9.47 Å². The molecule has 0 saturated carbocycles. The third kappa shape index (κ3) is 5.38. The van der Waals surface area contributed by atoms with Crippen LogP contribution in [-0.2, 0) is 24.4 Å². The molecule has 0 aliphatic carbocycles. The summed E-state index contributed by atoms with van der Waals surface area (Å²) < 4.78 is 10.5. The zero-order valence-corrected chi connectivity index (χ0v) is 17.0. The Hall–Kier alpha value is -2.22. The van der Waals surface area contributed by atoms with Gasteiger partial charge in [-0.2, -0.15) is 0 Å². The molecule has 0 fully saturated rings. The normalized spacial score (nSPS) is 10.9. The van der Waals surface area contributed by atoms with Gasteiger partial charge in [-0.3, -0.25) is 4.90 Å². The van der Waals surface area contributed by atoms with Crippen LogP contribution in [0.2, 0.25) is 0 Å².